The van der Waals surface area contributed by atoms with Crippen molar-refractivity contribution in [3.8, 4) is 0 Å². The van der Waals surface area contributed by atoms with Crippen LogP contribution in [0.25, 0.3) is 0 Å². The molecule has 0 fully saturated rings. The van der Waals surface area contributed by atoms with Gasteiger partial charge in [-0.25, -0.2) is 0 Å². The van der Waals surface area contributed by atoms with Crippen molar-refractivity contribution < 1.29 is 4.42 Å². The fourth-order valence-corrected chi connectivity index (χ4v) is 0.494. The molecule has 0 amide bonds. The largest absolute Gasteiger partial charge is 0.426 e. The molecule has 1 atom stereocenters. The lowest BCUT2D eigenvalue weighted by Gasteiger charge is -2.01. The summed E-state index contributed by atoms with van der Waals surface area (Å²) < 4.78 is 4.90. The molecular weight excluding hydrogens is 118 g/mol. The maximum atomic E-state index is 4.90. The normalized spacial score (nSPS) is 13.6. The van der Waals surface area contributed by atoms with E-state index in [9.17, 15) is 0 Å². The van der Waals surface area contributed by atoms with Crippen LogP contribution < -0.4 is 5.32 Å². The Morgan fingerprint density at radius 1 is 1.78 bits per heavy atom. The minimum Gasteiger partial charge on any atom is -0.426 e. The molecule has 4 heteroatoms. The number of rotatable bonds is 2. The maximum absolute atomic E-state index is 4.90. The Balaban J connectivity index is 2.65. The van der Waals surface area contributed by atoms with E-state index in [-0.39, 0.29) is 6.04 Å². The van der Waals surface area contributed by atoms with Crippen LogP contribution in [0.15, 0.2) is 10.8 Å². The van der Waals surface area contributed by atoms with Gasteiger partial charge in [-0.2, -0.15) is 0 Å². The molecule has 0 aromatic carbocycles. The number of hydrogen-bond donors (Lipinski definition) is 1. The zero-order valence-electron chi connectivity index (χ0n) is 5.46. The van der Waals surface area contributed by atoms with Crippen LogP contribution in [0.2, 0.25) is 0 Å². The van der Waals surface area contributed by atoms with Gasteiger partial charge in [-0.15, -0.1) is 10.2 Å². The summed E-state index contributed by atoms with van der Waals surface area (Å²) in [5.41, 5.74) is 0. The molecule has 0 bridgehead atoms. The van der Waals surface area contributed by atoms with Crippen molar-refractivity contribution in [3.63, 3.8) is 0 Å². The molecule has 1 rings (SSSR count). The van der Waals surface area contributed by atoms with Crippen LogP contribution >= 0.6 is 0 Å². The van der Waals surface area contributed by atoms with Gasteiger partial charge in [0.1, 0.15) is 0 Å². The molecule has 9 heavy (non-hydrogen) atoms. The van der Waals surface area contributed by atoms with Gasteiger partial charge in [0.25, 0.3) is 0 Å². The van der Waals surface area contributed by atoms with E-state index in [1.54, 1.807) is 0 Å². The average Bonchev–Trinajstić information content (AvgIpc) is 2.37. The van der Waals surface area contributed by atoms with Crippen LogP contribution in [0.3, 0.4) is 0 Å². The smallest absolute Gasteiger partial charge is 0.232 e. The van der Waals surface area contributed by atoms with Gasteiger partial charge in [0.15, 0.2) is 0 Å². The second kappa shape index (κ2) is 2.59. The fourth-order valence-electron chi connectivity index (χ4n) is 0.494. The molecule has 0 aliphatic rings. The molecule has 4 nitrogen and oxygen atoms in total. The monoisotopic (exact) mass is 127 g/mol. The third kappa shape index (κ3) is 1.26. The van der Waals surface area contributed by atoms with Crippen molar-refractivity contribution in [2.45, 2.75) is 13.0 Å². The molecule has 0 saturated carbocycles. The second-order valence-electron chi connectivity index (χ2n) is 1.79. The predicted molar refractivity (Wildman–Crippen MR) is 31.8 cm³/mol. The van der Waals surface area contributed by atoms with Gasteiger partial charge in [0.2, 0.25) is 12.3 Å². The Hall–Kier alpha value is -0.900. The van der Waals surface area contributed by atoms with Crippen molar-refractivity contribution in [1.82, 2.24) is 15.5 Å². The molecule has 1 heterocycles. The number of nitrogens with one attached hydrogen (secondary N) is 1. The third-order valence-corrected chi connectivity index (χ3v) is 1.18. The third-order valence-electron chi connectivity index (χ3n) is 1.18. The molecule has 0 aliphatic heterocycles. The minimum absolute atomic E-state index is 0.146. The molecule has 0 aliphatic carbocycles. The quantitative estimate of drug-likeness (QED) is 0.622. The van der Waals surface area contributed by atoms with E-state index in [0.29, 0.717) is 5.89 Å². The number of nitrogens with zero attached hydrogens (tertiary/aromatic N) is 2. The molecule has 1 unspecified atom stereocenters. The van der Waals surface area contributed by atoms with Crippen LogP contribution in [0.4, 0.5) is 0 Å². The first-order valence-corrected chi connectivity index (χ1v) is 2.78. The summed E-state index contributed by atoms with van der Waals surface area (Å²) in [5.74, 6) is 0.623. The van der Waals surface area contributed by atoms with E-state index in [1.807, 2.05) is 14.0 Å². The summed E-state index contributed by atoms with van der Waals surface area (Å²) in [6.07, 6.45) is 1.32. The molecule has 0 saturated heterocycles. The summed E-state index contributed by atoms with van der Waals surface area (Å²) in [4.78, 5) is 0. The highest BCUT2D eigenvalue weighted by Gasteiger charge is 2.05. The Bertz CT molecular complexity index is 161. The lowest BCUT2D eigenvalue weighted by atomic mass is 10.3. The molecule has 0 spiro atoms. The highest BCUT2D eigenvalue weighted by molar-refractivity contribution is 4.81. The summed E-state index contributed by atoms with van der Waals surface area (Å²) in [7, 11) is 1.84. The average molecular weight is 127 g/mol. The van der Waals surface area contributed by atoms with Crippen molar-refractivity contribution in [2.75, 3.05) is 7.05 Å². The Labute approximate surface area is 53.3 Å². The number of aromatic nitrogens is 2. The second-order valence-corrected chi connectivity index (χ2v) is 1.79. The Kier molecular flexibility index (Phi) is 1.79. The zero-order chi connectivity index (χ0) is 6.69. The van der Waals surface area contributed by atoms with Crippen molar-refractivity contribution >= 4 is 0 Å². The van der Waals surface area contributed by atoms with Crippen LogP contribution in [0, 0.1) is 0 Å². The molecule has 0 radical (unpaired) electrons. The van der Waals surface area contributed by atoms with Crippen LogP contribution in [-0.4, -0.2) is 17.2 Å². The first-order valence-electron chi connectivity index (χ1n) is 2.78. The molecular formula is C5H9N3O. The highest BCUT2D eigenvalue weighted by atomic mass is 16.4. The Morgan fingerprint density at radius 2 is 2.56 bits per heavy atom. The summed E-state index contributed by atoms with van der Waals surface area (Å²) in [5, 5.41) is 10.2. The lowest BCUT2D eigenvalue weighted by Crippen LogP contribution is -2.12. The topological polar surface area (TPSA) is 51.0 Å². The van der Waals surface area contributed by atoms with Crippen molar-refractivity contribution in [1.29, 1.82) is 0 Å². The molecule has 1 aromatic rings. The number of hydrogen-bond acceptors (Lipinski definition) is 4. The van der Waals surface area contributed by atoms with E-state index in [4.69, 9.17) is 4.42 Å². The molecule has 1 aromatic heterocycles. The van der Waals surface area contributed by atoms with Gasteiger partial charge in [-0.05, 0) is 14.0 Å². The fraction of sp³-hybridized carbons (Fsp3) is 0.600. The Morgan fingerprint density at radius 3 is 3.00 bits per heavy atom. The van der Waals surface area contributed by atoms with Crippen LogP contribution in [0.1, 0.15) is 18.9 Å². The summed E-state index contributed by atoms with van der Waals surface area (Å²) >= 11 is 0. The summed E-state index contributed by atoms with van der Waals surface area (Å²) in [6, 6.07) is 0.146. The van der Waals surface area contributed by atoms with Gasteiger partial charge in [0.05, 0.1) is 6.04 Å². The molecule has 1 N–H and O–H groups in total. The predicted octanol–water partition coefficient (Wildman–Crippen LogP) is 0.350. The van der Waals surface area contributed by atoms with E-state index < -0.39 is 0 Å². The first kappa shape index (κ1) is 6.22. The van der Waals surface area contributed by atoms with Crippen LogP contribution in [0.5, 0.6) is 0 Å². The van der Waals surface area contributed by atoms with Gasteiger partial charge in [0, 0.05) is 0 Å². The van der Waals surface area contributed by atoms with E-state index in [0.717, 1.165) is 0 Å². The van der Waals surface area contributed by atoms with Crippen molar-refractivity contribution in [2.24, 2.45) is 0 Å². The van der Waals surface area contributed by atoms with Gasteiger partial charge >= 0.3 is 0 Å². The summed E-state index contributed by atoms with van der Waals surface area (Å²) in [6.45, 7) is 1.95. The lowest BCUT2D eigenvalue weighted by molar-refractivity contribution is 0.433. The van der Waals surface area contributed by atoms with Gasteiger partial charge < -0.3 is 9.73 Å². The van der Waals surface area contributed by atoms with E-state index in [1.165, 1.54) is 6.39 Å². The first-order chi connectivity index (χ1) is 4.34. The minimum atomic E-state index is 0.146. The van der Waals surface area contributed by atoms with E-state index >= 15 is 0 Å². The van der Waals surface area contributed by atoms with E-state index in [2.05, 4.69) is 15.5 Å². The van der Waals surface area contributed by atoms with Crippen LogP contribution in [-0.2, 0) is 0 Å². The van der Waals surface area contributed by atoms with Crippen molar-refractivity contribution in [3.05, 3.63) is 12.3 Å². The molecule has 50 valence electrons. The standard InChI is InChI=1S/C5H9N3O/c1-4(6-2)5-8-7-3-9-5/h3-4,6H,1-2H3. The zero-order valence-corrected chi connectivity index (χ0v) is 5.46. The van der Waals surface area contributed by atoms with Gasteiger partial charge in [-0.1, -0.05) is 0 Å². The highest BCUT2D eigenvalue weighted by Crippen LogP contribution is 2.04. The maximum Gasteiger partial charge on any atom is 0.232 e. The van der Waals surface area contributed by atoms with Gasteiger partial charge in [-0.3, -0.25) is 0 Å². The SMILES string of the molecule is CNC(C)c1nnco1.